The highest BCUT2D eigenvalue weighted by Crippen LogP contribution is 2.36. The van der Waals surface area contributed by atoms with Gasteiger partial charge in [0.1, 0.15) is 0 Å². The van der Waals surface area contributed by atoms with Gasteiger partial charge in [0.05, 0.1) is 6.04 Å². The summed E-state index contributed by atoms with van der Waals surface area (Å²) in [6.45, 7) is 0. The highest BCUT2D eigenvalue weighted by atomic mass is 79.9. The van der Waals surface area contributed by atoms with Crippen molar-refractivity contribution in [1.29, 1.82) is 0 Å². The second-order valence-electron chi connectivity index (χ2n) is 3.29. The minimum Gasteiger partial charge on any atom is -0.320 e. The highest BCUT2D eigenvalue weighted by Gasteiger charge is 2.18. The first-order valence-corrected chi connectivity index (χ1v) is 7.01. The lowest BCUT2D eigenvalue weighted by Gasteiger charge is -2.15. The first kappa shape index (κ1) is 12.4. The third-order valence-corrected chi connectivity index (χ3v) is 4.70. The van der Waals surface area contributed by atoms with E-state index in [4.69, 9.17) is 28.9 Å². The van der Waals surface area contributed by atoms with Gasteiger partial charge in [0.15, 0.2) is 0 Å². The lowest BCUT2D eigenvalue weighted by atomic mass is 10.0. The second kappa shape index (κ2) is 5.07. The molecular weight excluding hydrogens is 329 g/mol. The summed E-state index contributed by atoms with van der Waals surface area (Å²) in [5, 5.41) is 5.17. The largest absolute Gasteiger partial charge is 0.320 e. The van der Waals surface area contributed by atoms with E-state index < -0.39 is 0 Å². The van der Waals surface area contributed by atoms with E-state index in [0.29, 0.717) is 10.0 Å². The summed E-state index contributed by atoms with van der Waals surface area (Å²) in [5.41, 5.74) is 7.94. The van der Waals surface area contributed by atoms with Crippen LogP contribution in [0.3, 0.4) is 0 Å². The van der Waals surface area contributed by atoms with Crippen LogP contribution in [-0.4, -0.2) is 0 Å². The predicted octanol–water partition coefficient (Wildman–Crippen LogP) is 4.87. The molecule has 5 heteroatoms. The van der Waals surface area contributed by atoms with Gasteiger partial charge in [-0.15, -0.1) is 0 Å². The number of hydrogen-bond acceptors (Lipinski definition) is 2. The molecular formula is C11H8BrCl2NS. The third kappa shape index (κ3) is 2.29. The van der Waals surface area contributed by atoms with Crippen molar-refractivity contribution in [1.82, 2.24) is 0 Å². The minimum atomic E-state index is -0.304. The lowest BCUT2D eigenvalue weighted by molar-refractivity contribution is 0.872. The summed E-state index contributed by atoms with van der Waals surface area (Å²) in [5.74, 6) is 0. The molecule has 1 atom stereocenters. The zero-order valence-electron chi connectivity index (χ0n) is 8.08. The molecule has 0 saturated carbocycles. The van der Waals surface area contributed by atoms with Gasteiger partial charge in [0.25, 0.3) is 0 Å². The van der Waals surface area contributed by atoms with Crippen molar-refractivity contribution < 1.29 is 0 Å². The van der Waals surface area contributed by atoms with Gasteiger partial charge < -0.3 is 5.73 Å². The molecule has 16 heavy (non-hydrogen) atoms. The van der Waals surface area contributed by atoms with E-state index in [0.717, 1.165) is 15.6 Å². The standard InChI is InChI=1S/C11H8BrCl2NS/c12-7-5-16-4-6(7)11(15)10-8(13)2-1-3-9(10)14/h1-5,11H,15H2. The number of rotatable bonds is 2. The Kier molecular flexibility index (Phi) is 3.93. The second-order valence-corrected chi connectivity index (χ2v) is 5.70. The lowest BCUT2D eigenvalue weighted by Crippen LogP contribution is -2.12. The molecule has 1 unspecified atom stereocenters. The SMILES string of the molecule is NC(c1cscc1Br)c1c(Cl)cccc1Cl. The van der Waals surface area contributed by atoms with E-state index in [1.54, 1.807) is 23.5 Å². The number of benzene rings is 1. The van der Waals surface area contributed by atoms with Gasteiger partial charge in [-0.3, -0.25) is 0 Å². The zero-order chi connectivity index (χ0) is 11.7. The van der Waals surface area contributed by atoms with Crippen molar-refractivity contribution in [2.75, 3.05) is 0 Å². The van der Waals surface area contributed by atoms with Crippen LogP contribution in [0.2, 0.25) is 10.0 Å². The van der Waals surface area contributed by atoms with E-state index in [1.165, 1.54) is 0 Å². The van der Waals surface area contributed by atoms with Crippen molar-refractivity contribution in [2.45, 2.75) is 6.04 Å². The number of nitrogens with two attached hydrogens (primary N) is 1. The predicted molar refractivity (Wildman–Crippen MR) is 74.5 cm³/mol. The van der Waals surface area contributed by atoms with Crippen LogP contribution in [0.15, 0.2) is 33.4 Å². The summed E-state index contributed by atoms with van der Waals surface area (Å²) in [7, 11) is 0. The highest BCUT2D eigenvalue weighted by molar-refractivity contribution is 9.10. The van der Waals surface area contributed by atoms with Gasteiger partial charge in [0.2, 0.25) is 0 Å². The van der Waals surface area contributed by atoms with Crippen LogP contribution >= 0.6 is 50.5 Å². The van der Waals surface area contributed by atoms with E-state index >= 15 is 0 Å². The Hall–Kier alpha value is -0.0600. The van der Waals surface area contributed by atoms with Gasteiger partial charge in [0, 0.05) is 25.5 Å². The maximum absolute atomic E-state index is 6.17. The molecule has 1 aromatic carbocycles. The molecule has 0 radical (unpaired) electrons. The van der Waals surface area contributed by atoms with Crippen molar-refractivity contribution in [2.24, 2.45) is 5.73 Å². The molecule has 1 heterocycles. The smallest absolute Gasteiger partial charge is 0.0600 e. The molecule has 0 aliphatic heterocycles. The molecule has 0 aliphatic carbocycles. The van der Waals surface area contributed by atoms with Crippen LogP contribution in [0.5, 0.6) is 0 Å². The van der Waals surface area contributed by atoms with Crippen LogP contribution in [0, 0.1) is 0 Å². The van der Waals surface area contributed by atoms with E-state index in [-0.39, 0.29) is 6.04 Å². The van der Waals surface area contributed by atoms with Gasteiger partial charge >= 0.3 is 0 Å². The first-order chi connectivity index (χ1) is 7.61. The van der Waals surface area contributed by atoms with Crippen LogP contribution in [0.25, 0.3) is 0 Å². The molecule has 2 aromatic rings. The summed E-state index contributed by atoms with van der Waals surface area (Å²) >= 11 is 17.3. The van der Waals surface area contributed by atoms with Crippen LogP contribution < -0.4 is 5.73 Å². The molecule has 2 N–H and O–H groups in total. The van der Waals surface area contributed by atoms with Crippen molar-refractivity contribution in [3.63, 3.8) is 0 Å². The maximum Gasteiger partial charge on any atom is 0.0600 e. The number of thiophene rings is 1. The minimum absolute atomic E-state index is 0.304. The average molecular weight is 337 g/mol. The molecule has 1 aromatic heterocycles. The van der Waals surface area contributed by atoms with Crippen molar-refractivity contribution >= 4 is 50.5 Å². The molecule has 0 amide bonds. The molecule has 84 valence electrons. The fourth-order valence-electron chi connectivity index (χ4n) is 1.48. The molecule has 0 fully saturated rings. The van der Waals surface area contributed by atoms with Gasteiger partial charge in [-0.25, -0.2) is 0 Å². The Morgan fingerprint density at radius 1 is 1.19 bits per heavy atom. The average Bonchev–Trinajstić information content (AvgIpc) is 2.64. The monoisotopic (exact) mass is 335 g/mol. The van der Waals surface area contributed by atoms with E-state index in [2.05, 4.69) is 15.9 Å². The summed E-state index contributed by atoms with van der Waals surface area (Å²) in [6, 6.07) is 5.09. The fraction of sp³-hybridized carbons (Fsp3) is 0.0909. The summed E-state index contributed by atoms with van der Waals surface area (Å²) < 4.78 is 0.987. The maximum atomic E-state index is 6.17. The van der Waals surface area contributed by atoms with Crippen molar-refractivity contribution in [3.8, 4) is 0 Å². The fourth-order valence-corrected chi connectivity index (χ4v) is 3.69. The van der Waals surface area contributed by atoms with E-state index in [1.807, 2.05) is 16.8 Å². The Bertz CT molecular complexity index is 492. The van der Waals surface area contributed by atoms with Gasteiger partial charge in [-0.2, -0.15) is 11.3 Å². The molecule has 2 rings (SSSR count). The Balaban J connectivity index is 2.49. The first-order valence-electron chi connectivity index (χ1n) is 4.52. The molecule has 0 spiro atoms. The zero-order valence-corrected chi connectivity index (χ0v) is 12.0. The number of halogens is 3. The topological polar surface area (TPSA) is 26.0 Å². The van der Waals surface area contributed by atoms with Gasteiger partial charge in [-0.05, 0) is 39.0 Å². The molecule has 1 nitrogen and oxygen atoms in total. The van der Waals surface area contributed by atoms with Crippen molar-refractivity contribution in [3.05, 3.63) is 54.6 Å². The van der Waals surface area contributed by atoms with E-state index in [9.17, 15) is 0 Å². The summed E-state index contributed by atoms with van der Waals surface area (Å²) in [6.07, 6.45) is 0. The Labute approximate surface area is 116 Å². The Morgan fingerprint density at radius 3 is 2.31 bits per heavy atom. The quantitative estimate of drug-likeness (QED) is 0.832. The molecule has 0 saturated heterocycles. The van der Waals surface area contributed by atoms with Crippen LogP contribution in [-0.2, 0) is 0 Å². The normalized spacial score (nSPS) is 12.8. The molecule has 0 aliphatic rings. The Morgan fingerprint density at radius 2 is 1.81 bits per heavy atom. The van der Waals surface area contributed by atoms with Crippen LogP contribution in [0.4, 0.5) is 0 Å². The number of hydrogen-bond donors (Lipinski definition) is 1. The summed E-state index contributed by atoms with van der Waals surface area (Å²) in [4.78, 5) is 0. The molecule has 0 bridgehead atoms. The van der Waals surface area contributed by atoms with Gasteiger partial charge in [-0.1, -0.05) is 29.3 Å². The third-order valence-electron chi connectivity index (χ3n) is 2.29. The van der Waals surface area contributed by atoms with Crippen LogP contribution in [0.1, 0.15) is 17.2 Å².